The van der Waals surface area contributed by atoms with Crippen LogP contribution in [0.1, 0.15) is 0 Å². The zero-order valence-corrected chi connectivity index (χ0v) is 28.9. The Hall–Kier alpha value is -6.07. The first-order valence-corrected chi connectivity index (χ1v) is 18.9. The summed E-state index contributed by atoms with van der Waals surface area (Å²) in [5, 5.41) is 12.7. The number of nitrogens with zero attached hydrogens (tertiary/aromatic N) is 2. The standard InChI is InChI=1S/C47H26N2S2/c1-2-8-30-20-35-24-42-40(23-34(35)19-29(30)7-1)48-47-46-39(38-21-31-9-3-4-10-32(31)25-45(38)51-46)26-41(49(42)47)28-15-13-27(14-16-28)33-17-18-44-37(22-33)36-11-5-6-12-43(36)50-44/h1-26H. The molecule has 0 atom stereocenters. The van der Waals surface area contributed by atoms with Gasteiger partial charge >= 0.3 is 0 Å². The molecule has 0 spiro atoms. The Balaban J connectivity index is 1.11. The van der Waals surface area contributed by atoms with E-state index >= 15 is 0 Å². The Morgan fingerprint density at radius 1 is 0.392 bits per heavy atom. The smallest absolute Gasteiger partial charge is 0.156 e. The summed E-state index contributed by atoms with van der Waals surface area (Å²) in [5.74, 6) is 0. The van der Waals surface area contributed by atoms with Crippen LogP contribution in [0.3, 0.4) is 0 Å². The van der Waals surface area contributed by atoms with Crippen molar-refractivity contribution in [2.45, 2.75) is 0 Å². The van der Waals surface area contributed by atoms with Crippen LogP contribution >= 0.6 is 22.7 Å². The Morgan fingerprint density at radius 2 is 1.02 bits per heavy atom. The van der Waals surface area contributed by atoms with Gasteiger partial charge in [-0.05, 0) is 110 Å². The number of pyridine rings is 1. The van der Waals surface area contributed by atoms with Gasteiger partial charge in [-0.25, -0.2) is 4.98 Å². The predicted octanol–water partition coefficient (Wildman–Crippen LogP) is 14.0. The Bertz CT molecular complexity index is 3400. The van der Waals surface area contributed by atoms with E-state index in [1.54, 1.807) is 0 Å². The van der Waals surface area contributed by atoms with Crippen molar-refractivity contribution >= 4 is 112 Å². The van der Waals surface area contributed by atoms with Gasteiger partial charge < -0.3 is 0 Å². The van der Waals surface area contributed by atoms with E-state index in [-0.39, 0.29) is 0 Å². The topological polar surface area (TPSA) is 17.3 Å². The molecule has 51 heavy (non-hydrogen) atoms. The summed E-state index contributed by atoms with van der Waals surface area (Å²) < 4.78 is 7.58. The second-order valence-corrected chi connectivity index (χ2v) is 15.8. The van der Waals surface area contributed by atoms with Crippen LogP contribution < -0.4 is 0 Å². The SMILES string of the molecule is c1ccc2cc3cc4c(cc3cc2c1)nc1c2sc3cc5ccccc5cc3c2cc(-c2ccc(-c3ccc5sc6ccccc6c5c3)cc2)n41. The molecule has 0 aliphatic carbocycles. The van der Waals surface area contributed by atoms with Crippen molar-refractivity contribution in [1.82, 2.24) is 9.38 Å². The molecule has 0 N–H and O–H groups in total. The van der Waals surface area contributed by atoms with Crippen LogP contribution in [-0.2, 0) is 0 Å². The fourth-order valence-corrected chi connectivity index (χ4v) is 10.5. The van der Waals surface area contributed by atoms with Crippen LogP contribution in [-0.4, -0.2) is 9.38 Å². The molecule has 0 aliphatic heterocycles. The molecular formula is C47H26N2S2. The summed E-state index contributed by atoms with van der Waals surface area (Å²) in [5.41, 5.74) is 7.94. The van der Waals surface area contributed by atoms with Gasteiger partial charge in [0.2, 0.25) is 0 Å². The van der Waals surface area contributed by atoms with Crippen LogP contribution in [0, 0.1) is 0 Å². The van der Waals surface area contributed by atoms with Crippen molar-refractivity contribution in [3.05, 3.63) is 158 Å². The minimum Gasteiger partial charge on any atom is -0.291 e. The summed E-state index contributed by atoms with van der Waals surface area (Å²) in [6.07, 6.45) is 0. The molecule has 0 amide bonds. The molecular weight excluding hydrogens is 657 g/mol. The molecule has 0 saturated carbocycles. The number of aromatic nitrogens is 2. The molecule has 0 fully saturated rings. The van der Waals surface area contributed by atoms with Crippen molar-refractivity contribution in [3.8, 4) is 22.4 Å². The Morgan fingerprint density at radius 3 is 1.82 bits per heavy atom. The van der Waals surface area contributed by atoms with Gasteiger partial charge in [-0.3, -0.25) is 4.40 Å². The highest BCUT2D eigenvalue weighted by molar-refractivity contribution is 7.26. The summed E-state index contributed by atoms with van der Waals surface area (Å²) in [6.45, 7) is 0. The molecule has 0 saturated heterocycles. The first kappa shape index (κ1) is 27.7. The number of rotatable bonds is 2. The van der Waals surface area contributed by atoms with Crippen LogP contribution in [0.4, 0.5) is 0 Å². The maximum absolute atomic E-state index is 5.41. The highest BCUT2D eigenvalue weighted by atomic mass is 32.1. The van der Waals surface area contributed by atoms with E-state index in [1.807, 2.05) is 22.7 Å². The molecule has 0 radical (unpaired) electrons. The molecule has 236 valence electrons. The maximum atomic E-state index is 5.41. The molecule has 4 heterocycles. The summed E-state index contributed by atoms with van der Waals surface area (Å²) >= 11 is 3.72. The van der Waals surface area contributed by atoms with Gasteiger partial charge in [0.1, 0.15) is 0 Å². The van der Waals surface area contributed by atoms with Crippen molar-refractivity contribution in [1.29, 1.82) is 0 Å². The summed E-state index contributed by atoms with van der Waals surface area (Å²) in [7, 11) is 0. The van der Waals surface area contributed by atoms with Crippen LogP contribution in [0.15, 0.2) is 158 Å². The van der Waals surface area contributed by atoms with Gasteiger partial charge in [0, 0.05) is 35.6 Å². The van der Waals surface area contributed by atoms with Gasteiger partial charge in [0.25, 0.3) is 0 Å². The second-order valence-electron chi connectivity index (χ2n) is 13.6. The lowest BCUT2D eigenvalue weighted by atomic mass is 10.00. The first-order chi connectivity index (χ1) is 25.2. The fraction of sp³-hybridized carbons (Fsp3) is 0. The quantitative estimate of drug-likeness (QED) is 0.166. The largest absolute Gasteiger partial charge is 0.291 e. The highest BCUT2D eigenvalue weighted by Crippen LogP contribution is 2.43. The number of benzene rings is 8. The zero-order valence-electron chi connectivity index (χ0n) is 27.2. The van der Waals surface area contributed by atoms with E-state index < -0.39 is 0 Å². The van der Waals surface area contributed by atoms with E-state index in [2.05, 4.69) is 162 Å². The molecule has 12 rings (SSSR count). The average Bonchev–Trinajstić information content (AvgIpc) is 3.85. The van der Waals surface area contributed by atoms with Crippen molar-refractivity contribution in [3.63, 3.8) is 0 Å². The Kier molecular flexibility index (Phi) is 5.56. The maximum Gasteiger partial charge on any atom is 0.156 e. The van der Waals surface area contributed by atoms with Gasteiger partial charge in [-0.1, -0.05) is 97.1 Å². The van der Waals surface area contributed by atoms with Crippen molar-refractivity contribution in [2.24, 2.45) is 0 Å². The van der Waals surface area contributed by atoms with Crippen LogP contribution in [0.5, 0.6) is 0 Å². The zero-order chi connectivity index (χ0) is 33.2. The van der Waals surface area contributed by atoms with E-state index in [4.69, 9.17) is 4.98 Å². The van der Waals surface area contributed by atoms with E-state index in [9.17, 15) is 0 Å². The molecule has 0 bridgehead atoms. The minimum absolute atomic E-state index is 1.02. The number of hydrogen-bond donors (Lipinski definition) is 0. The highest BCUT2D eigenvalue weighted by Gasteiger charge is 2.19. The third kappa shape index (κ3) is 4.06. The van der Waals surface area contributed by atoms with Crippen LogP contribution in [0.25, 0.3) is 112 Å². The third-order valence-corrected chi connectivity index (χ3v) is 13.0. The van der Waals surface area contributed by atoms with Crippen molar-refractivity contribution < 1.29 is 0 Å². The number of imidazole rings is 1. The normalized spacial score (nSPS) is 12.3. The molecule has 0 aliphatic rings. The van der Waals surface area contributed by atoms with Crippen LogP contribution in [0.2, 0.25) is 0 Å². The monoisotopic (exact) mass is 682 g/mol. The lowest BCUT2D eigenvalue weighted by molar-refractivity contribution is 1.25. The minimum atomic E-state index is 1.02. The number of thiophene rings is 2. The first-order valence-electron chi connectivity index (χ1n) is 17.3. The summed E-state index contributed by atoms with van der Waals surface area (Å²) in [6, 6.07) is 58.4. The average molecular weight is 683 g/mol. The summed E-state index contributed by atoms with van der Waals surface area (Å²) in [4.78, 5) is 5.41. The van der Waals surface area contributed by atoms with E-state index in [0.717, 1.165) is 22.4 Å². The van der Waals surface area contributed by atoms with Gasteiger partial charge in [0.15, 0.2) is 5.65 Å². The molecule has 4 heteroatoms. The third-order valence-electron chi connectivity index (χ3n) is 10.7. The second kappa shape index (κ2) is 10.2. The fourth-order valence-electron chi connectivity index (χ4n) is 8.17. The van der Waals surface area contributed by atoms with Crippen molar-refractivity contribution in [2.75, 3.05) is 0 Å². The number of fused-ring (bicyclic) bond motifs is 13. The Labute approximate surface area is 300 Å². The van der Waals surface area contributed by atoms with Gasteiger partial charge in [-0.2, -0.15) is 0 Å². The molecule has 4 aromatic heterocycles. The molecule has 2 nitrogen and oxygen atoms in total. The number of hydrogen-bond acceptors (Lipinski definition) is 3. The molecule has 8 aromatic carbocycles. The van der Waals surface area contributed by atoms with E-state index in [0.29, 0.717) is 0 Å². The predicted molar refractivity (Wildman–Crippen MR) is 222 cm³/mol. The molecule has 0 unspecified atom stereocenters. The molecule has 12 aromatic rings. The lowest BCUT2D eigenvalue weighted by Gasteiger charge is -2.11. The van der Waals surface area contributed by atoms with E-state index in [1.165, 1.54) is 89.4 Å². The lowest BCUT2D eigenvalue weighted by Crippen LogP contribution is -1.93. The van der Waals surface area contributed by atoms with Gasteiger partial charge in [-0.15, -0.1) is 22.7 Å². The van der Waals surface area contributed by atoms with Gasteiger partial charge in [0.05, 0.1) is 21.4 Å².